The van der Waals surface area contributed by atoms with E-state index in [2.05, 4.69) is 0 Å². The number of methoxy groups -OCH3 is 1. The first-order valence-electron chi connectivity index (χ1n) is 7.55. The number of ether oxygens (including phenoxy) is 3. The Morgan fingerprint density at radius 2 is 1.70 bits per heavy atom. The van der Waals surface area contributed by atoms with Crippen LogP contribution in [0.3, 0.4) is 0 Å². The molecule has 1 aliphatic heterocycles. The molecule has 1 heterocycles. The number of carbonyl (C=O) groups is 1. The van der Waals surface area contributed by atoms with Crippen molar-refractivity contribution < 1.29 is 19.0 Å². The molecule has 1 aliphatic rings. The molecule has 2 unspecified atom stereocenters. The van der Waals surface area contributed by atoms with Gasteiger partial charge in [0.05, 0.1) is 7.11 Å². The molecule has 3 rings (SSSR count). The number of epoxide rings is 1. The minimum absolute atomic E-state index is 0.357. The van der Waals surface area contributed by atoms with Gasteiger partial charge in [-0.05, 0) is 37.1 Å². The van der Waals surface area contributed by atoms with Crippen LogP contribution >= 0.6 is 0 Å². The maximum atomic E-state index is 11.8. The minimum Gasteiger partial charge on any atom is -0.489 e. The number of hydrogen-bond donors (Lipinski definition) is 0. The molecule has 0 aliphatic carbocycles. The Morgan fingerprint density at radius 3 is 2.30 bits per heavy atom. The predicted molar refractivity (Wildman–Crippen MR) is 86.1 cm³/mol. The highest BCUT2D eigenvalue weighted by Crippen LogP contribution is 2.56. The van der Waals surface area contributed by atoms with Crippen molar-refractivity contribution in [2.45, 2.75) is 31.7 Å². The second-order valence-electron chi connectivity index (χ2n) is 5.96. The highest BCUT2D eigenvalue weighted by Gasteiger charge is 2.70. The van der Waals surface area contributed by atoms with Gasteiger partial charge in [0.15, 0.2) is 5.60 Å². The molecule has 0 N–H and O–H groups in total. The summed E-state index contributed by atoms with van der Waals surface area (Å²) in [5.41, 5.74) is 0.469. The molecule has 0 radical (unpaired) electrons. The Bertz CT molecular complexity index is 695. The summed E-state index contributed by atoms with van der Waals surface area (Å²) in [4.78, 5) is 11.8. The normalized spacial score (nSPS) is 25.7. The van der Waals surface area contributed by atoms with E-state index in [-0.39, 0.29) is 5.97 Å². The molecule has 4 nitrogen and oxygen atoms in total. The van der Waals surface area contributed by atoms with E-state index in [1.807, 2.05) is 61.5 Å². The van der Waals surface area contributed by atoms with Gasteiger partial charge in [-0.25, -0.2) is 4.79 Å². The van der Waals surface area contributed by atoms with Crippen LogP contribution in [0, 0.1) is 0 Å². The molecule has 2 aromatic carbocycles. The summed E-state index contributed by atoms with van der Waals surface area (Å²) in [5, 5.41) is 0. The van der Waals surface area contributed by atoms with Crippen LogP contribution in [0.15, 0.2) is 54.6 Å². The predicted octanol–water partition coefficient (Wildman–Crippen LogP) is 3.44. The molecule has 0 bridgehead atoms. The van der Waals surface area contributed by atoms with Crippen molar-refractivity contribution in [1.82, 2.24) is 0 Å². The summed E-state index contributed by atoms with van der Waals surface area (Å²) < 4.78 is 16.3. The summed E-state index contributed by atoms with van der Waals surface area (Å²) in [6.45, 7) is 4.16. The third kappa shape index (κ3) is 2.70. The highest BCUT2D eigenvalue weighted by molar-refractivity contribution is 5.84. The van der Waals surface area contributed by atoms with E-state index in [9.17, 15) is 4.79 Å². The van der Waals surface area contributed by atoms with Crippen molar-refractivity contribution in [1.29, 1.82) is 0 Å². The molecule has 2 atom stereocenters. The van der Waals surface area contributed by atoms with Crippen LogP contribution in [0.2, 0.25) is 0 Å². The molecule has 0 aromatic heterocycles. The number of esters is 1. The molecule has 4 heteroatoms. The van der Waals surface area contributed by atoms with Crippen molar-refractivity contribution >= 4 is 5.97 Å². The molecular weight excluding hydrogens is 292 g/mol. The molecule has 1 saturated heterocycles. The van der Waals surface area contributed by atoms with E-state index in [1.54, 1.807) is 6.92 Å². The fourth-order valence-electron chi connectivity index (χ4n) is 2.76. The van der Waals surface area contributed by atoms with Gasteiger partial charge in [0.25, 0.3) is 0 Å². The molecule has 0 spiro atoms. The van der Waals surface area contributed by atoms with Crippen LogP contribution in [0.25, 0.3) is 0 Å². The summed E-state index contributed by atoms with van der Waals surface area (Å²) in [5.74, 6) is 0.422. The Kier molecular flexibility index (Phi) is 3.86. The van der Waals surface area contributed by atoms with Gasteiger partial charge >= 0.3 is 5.97 Å². The van der Waals surface area contributed by atoms with E-state index < -0.39 is 11.2 Å². The zero-order chi connectivity index (χ0) is 16.5. The Labute approximate surface area is 136 Å². The van der Waals surface area contributed by atoms with Crippen molar-refractivity contribution in [2.24, 2.45) is 0 Å². The lowest BCUT2D eigenvalue weighted by Gasteiger charge is -2.12. The van der Waals surface area contributed by atoms with Crippen molar-refractivity contribution in [3.63, 3.8) is 0 Å². The average Bonchev–Trinajstić information content (AvgIpc) is 3.18. The van der Waals surface area contributed by atoms with Gasteiger partial charge in [-0.1, -0.05) is 42.5 Å². The lowest BCUT2D eigenvalue weighted by atomic mass is 9.89. The topological polar surface area (TPSA) is 48.1 Å². The van der Waals surface area contributed by atoms with Gasteiger partial charge in [0, 0.05) is 0 Å². The van der Waals surface area contributed by atoms with Gasteiger partial charge in [-0.15, -0.1) is 0 Å². The molecular formula is C19H20O4. The van der Waals surface area contributed by atoms with E-state index in [0.29, 0.717) is 6.61 Å². The molecule has 120 valence electrons. The van der Waals surface area contributed by atoms with Crippen LogP contribution in [-0.2, 0) is 26.5 Å². The van der Waals surface area contributed by atoms with E-state index >= 15 is 0 Å². The lowest BCUT2D eigenvalue weighted by Crippen LogP contribution is -2.29. The summed E-state index contributed by atoms with van der Waals surface area (Å²) in [7, 11) is 1.37. The van der Waals surface area contributed by atoms with Crippen LogP contribution in [0.1, 0.15) is 25.0 Å². The largest absolute Gasteiger partial charge is 0.489 e. The molecule has 0 saturated carbocycles. The van der Waals surface area contributed by atoms with Crippen LogP contribution < -0.4 is 4.74 Å². The quantitative estimate of drug-likeness (QED) is 0.627. The zero-order valence-corrected chi connectivity index (χ0v) is 13.5. The number of benzene rings is 2. The first kappa shape index (κ1) is 15.6. The first-order chi connectivity index (χ1) is 11.0. The summed E-state index contributed by atoms with van der Waals surface area (Å²) >= 11 is 0. The first-order valence-corrected chi connectivity index (χ1v) is 7.55. The second kappa shape index (κ2) is 5.70. The zero-order valence-electron chi connectivity index (χ0n) is 13.5. The summed E-state index contributed by atoms with van der Waals surface area (Å²) in [6, 6.07) is 17.6. The van der Waals surface area contributed by atoms with Crippen molar-refractivity contribution in [3.05, 3.63) is 65.7 Å². The molecule has 23 heavy (non-hydrogen) atoms. The standard InChI is InChI=1S/C19H20O4/c1-18(19(2,23-18)17(20)21-3)15-9-11-16(12-10-15)22-13-14-7-5-4-6-8-14/h4-12H,13H2,1-3H3. The third-order valence-corrected chi connectivity index (χ3v) is 4.51. The van der Waals surface area contributed by atoms with Gasteiger partial charge in [0.2, 0.25) is 0 Å². The lowest BCUT2D eigenvalue weighted by molar-refractivity contribution is -0.146. The Balaban J connectivity index is 1.67. The summed E-state index contributed by atoms with van der Waals surface area (Å²) in [6.07, 6.45) is 0. The maximum absolute atomic E-state index is 11.8. The number of hydrogen-bond acceptors (Lipinski definition) is 4. The van der Waals surface area contributed by atoms with Gasteiger partial charge < -0.3 is 14.2 Å². The molecule has 1 fully saturated rings. The minimum atomic E-state index is -0.922. The van der Waals surface area contributed by atoms with E-state index in [0.717, 1.165) is 16.9 Å². The third-order valence-electron chi connectivity index (χ3n) is 4.51. The fourth-order valence-corrected chi connectivity index (χ4v) is 2.76. The van der Waals surface area contributed by atoms with E-state index in [1.165, 1.54) is 7.11 Å². The van der Waals surface area contributed by atoms with Gasteiger partial charge in [-0.2, -0.15) is 0 Å². The smallest absolute Gasteiger partial charge is 0.341 e. The van der Waals surface area contributed by atoms with Gasteiger partial charge in [-0.3, -0.25) is 0 Å². The monoisotopic (exact) mass is 312 g/mol. The fraction of sp³-hybridized carbons (Fsp3) is 0.316. The SMILES string of the molecule is COC(=O)C1(C)OC1(C)c1ccc(OCc2ccccc2)cc1. The number of rotatable bonds is 5. The van der Waals surface area contributed by atoms with Crippen LogP contribution in [-0.4, -0.2) is 18.7 Å². The van der Waals surface area contributed by atoms with Gasteiger partial charge in [0.1, 0.15) is 18.0 Å². The maximum Gasteiger partial charge on any atom is 0.341 e. The average molecular weight is 312 g/mol. The van der Waals surface area contributed by atoms with Crippen molar-refractivity contribution in [3.8, 4) is 5.75 Å². The number of carbonyl (C=O) groups excluding carboxylic acids is 1. The van der Waals surface area contributed by atoms with Crippen LogP contribution in [0.4, 0.5) is 0 Å². The molecule has 0 amide bonds. The van der Waals surface area contributed by atoms with Crippen molar-refractivity contribution in [2.75, 3.05) is 7.11 Å². The highest BCUT2D eigenvalue weighted by atomic mass is 16.7. The Morgan fingerprint density at radius 1 is 1.04 bits per heavy atom. The van der Waals surface area contributed by atoms with Crippen LogP contribution in [0.5, 0.6) is 5.75 Å². The van der Waals surface area contributed by atoms with E-state index in [4.69, 9.17) is 14.2 Å². The second-order valence-corrected chi connectivity index (χ2v) is 5.96. The molecule has 2 aromatic rings. The Hall–Kier alpha value is -2.33.